The highest BCUT2D eigenvalue weighted by Gasteiger charge is 2.09. The van der Waals surface area contributed by atoms with Crippen molar-refractivity contribution in [2.75, 3.05) is 0 Å². The number of aromatic nitrogens is 4. The molecule has 0 bridgehead atoms. The number of para-hydroxylation sites is 1. The Balaban J connectivity index is 2.21. The van der Waals surface area contributed by atoms with E-state index in [0.29, 0.717) is 17.1 Å². The molecule has 0 atom stereocenters. The second-order valence-corrected chi connectivity index (χ2v) is 4.22. The van der Waals surface area contributed by atoms with Crippen LogP contribution in [-0.4, -0.2) is 19.7 Å². The maximum absolute atomic E-state index is 5.31. The summed E-state index contributed by atoms with van der Waals surface area (Å²) in [5.74, 6) is 0.616. The predicted molar refractivity (Wildman–Crippen MR) is 65.3 cm³/mol. The van der Waals surface area contributed by atoms with Crippen LogP contribution in [0.1, 0.15) is 11.4 Å². The third-order valence-electron chi connectivity index (χ3n) is 2.70. The lowest BCUT2D eigenvalue weighted by Crippen LogP contribution is -2.02. The molecular weight excluding hydrogens is 236 g/mol. The average molecular weight is 246 g/mol. The molecule has 0 spiro atoms. The van der Waals surface area contributed by atoms with Crippen molar-refractivity contribution in [1.82, 2.24) is 19.7 Å². The van der Waals surface area contributed by atoms with Gasteiger partial charge in [0.2, 0.25) is 6.39 Å². The normalized spacial score (nSPS) is 11.1. The van der Waals surface area contributed by atoms with Crippen LogP contribution in [-0.2, 0) is 6.54 Å². The van der Waals surface area contributed by atoms with Gasteiger partial charge in [-0.1, -0.05) is 17.3 Å². The summed E-state index contributed by atoms with van der Waals surface area (Å²) in [6.45, 7) is 2.57. The molecule has 6 heteroatoms. The lowest BCUT2D eigenvalue weighted by Gasteiger charge is -2.02. The zero-order valence-electron chi connectivity index (χ0n) is 9.17. The minimum Gasteiger partial charge on any atom is -0.343 e. The van der Waals surface area contributed by atoms with E-state index in [1.165, 1.54) is 12.0 Å². The maximum atomic E-state index is 5.31. The Morgan fingerprint density at radius 3 is 3.12 bits per heavy atom. The molecule has 0 saturated heterocycles. The fraction of sp³-hybridized carbons (Fsp3) is 0.182. The fourth-order valence-corrected chi connectivity index (χ4v) is 2.22. The Hall–Kier alpha value is -1.95. The van der Waals surface area contributed by atoms with E-state index in [-0.39, 0.29) is 0 Å². The molecule has 2 heterocycles. The number of benzene rings is 1. The first-order valence-corrected chi connectivity index (χ1v) is 5.60. The molecule has 17 heavy (non-hydrogen) atoms. The minimum absolute atomic E-state index is 0.514. The molecule has 0 fully saturated rings. The van der Waals surface area contributed by atoms with Crippen molar-refractivity contribution in [3.63, 3.8) is 0 Å². The lowest BCUT2D eigenvalue weighted by atomic mass is 10.2. The zero-order valence-corrected chi connectivity index (χ0v) is 9.99. The molecule has 0 unspecified atom stereocenters. The van der Waals surface area contributed by atoms with Crippen LogP contribution in [0.25, 0.3) is 11.0 Å². The SMILES string of the molecule is Cc1cccc2[nH]c(=S)n(Cc3ncon3)c12. The number of hydrogen-bond donors (Lipinski definition) is 1. The van der Waals surface area contributed by atoms with Gasteiger partial charge < -0.3 is 14.1 Å². The lowest BCUT2D eigenvalue weighted by molar-refractivity contribution is 0.408. The largest absolute Gasteiger partial charge is 0.343 e. The van der Waals surface area contributed by atoms with Crippen molar-refractivity contribution in [3.8, 4) is 0 Å². The van der Waals surface area contributed by atoms with Crippen molar-refractivity contribution >= 4 is 23.3 Å². The van der Waals surface area contributed by atoms with Gasteiger partial charge in [0.15, 0.2) is 10.6 Å². The highest BCUT2D eigenvalue weighted by Crippen LogP contribution is 2.18. The van der Waals surface area contributed by atoms with Gasteiger partial charge in [0.05, 0.1) is 17.6 Å². The van der Waals surface area contributed by atoms with Crippen LogP contribution in [0, 0.1) is 11.7 Å². The van der Waals surface area contributed by atoms with Crippen LogP contribution in [0.4, 0.5) is 0 Å². The minimum atomic E-state index is 0.514. The Labute approximate surface area is 102 Å². The Kier molecular flexibility index (Phi) is 2.29. The maximum Gasteiger partial charge on any atom is 0.213 e. The number of hydrogen-bond acceptors (Lipinski definition) is 4. The monoisotopic (exact) mass is 246 g/mol. The fourth-order valence-electron chi connectivity index (χ4n) is 1.96. The number of aryl methyl sites for hydroxylation is 1. The first-order chi connectivity index (χ1) is 8.25. The van der Waals surface area contributed by atoms with E-state index in [2.05, 4.69) is 28.1 Å². The molecule has 1 aromatic carbocycles. The van der Waals surface area contributed by atoms with Gasteiger partial charge in [0.25, 0.3) is 0 Å². The van der Waals surface area contributed by atoms with E-state index >= 15 is 0 Å². The smallest absolute Gasteiger partial charge is 0.213 e. The summed E-state index contributed by atoms with van der Waals surface area (Å²) < 4.78 is 7.37. The van der Waals surface area contributed by atoms with Crippen LogP contribution in [0.5, 0.6) is 0 Å². The molecule has 0 radical (unpaired) electrons. The third-order valence-corrected chi connectivity index (χ3v) is 3.02. The van der Waals surface area contributed by atoms with Crippen molar-refractivity contribution < 1.29 is 4.52 Å². The van der Waals surface area contributed by atoms with E-state index in [4.69, 9.17) is 16.7 Å². The molecule has 1 N–H and O–H groups in total. The van der Waals surface area contributed by atoms with Gasteiger partial charge in [-0.05, 0) is 30.8 Å². The van der Waals surface area contributed by atoms with Crippen molar-refractivity contribution in [2.45, 2.75) is 13.5 Å². The Bertz CT molecular complexity index is 711. The highest BCUT2D eigenvalue weighted by molar-refractivity contribution is 7.71. The number of nitrogens with one attached hydrogen (secondary N) is 1. The zero-order chi connectivity index (χ0) is 11.8. The quantitative estimate of drug-likeness (QED) is 0.705. The molecule has 0 amide bonds. The number of H-pyrrole nitrogens is 1. The van der Waals surface area contributed by atoms with E-state index in [9.17, 15) is 0 Å². The number of aromatic amines is 1. The van der Waals surface area contributed by atoms with E-state index in [1.54, 1.807) is 0 Å². The van der Waals surface area contributed by atoms with Crippen molar-refractivity contribution in [2.24, 2.45) is 0 Å². The molecule has 3 rings (SSSR count). The average Bonchev–Trinajstić information content (AvgIpc) is 2.89. The first-order valence-electron chi connectivity index (χ1n) is 5.19. The second kappa shape index (κ2) is 3.81. The van der Waals surface area contributed by atoms with E-state index in [0.717, 1.165) is 11.0 Å². The Morgan fingerprint density at radius 2 is 2.35 bits per heavy atom. The summed E-state index contributed by atoms with van der Waals surface area (Å²) in [6, 6.07) is 6.06. The number of fused-ring (bicyclic) bond motifs is 1. The van der Waals surface area contributed by atoms with Crippen molar-refractivity contribution in [1.29, 1.82) is 0 Å². The summed E-state index contributed by atoms with van der Waals surface area (Å²) in [4.78, 5) is 7.18. The first kappa shape index (κ1) is 10.2. The van der Waals surface area contributed by atoms with Gasteiger partial charge >= 0.3 is 0 Å². The summed E-state index contributed by atoms with van der Waals surface area (Å²) in [5, 5.41) is 3.80. The van der Waals surface area contributed by atoms with Gasteiger partial charge in [0, 0.05) is 0 Å². The number of rotatable bonds is 2. The number of imidazole rings is 1. The Morgan fingerprint density at radius 1 is 1.47 bits per heavy atom. The molecule has 86 valence electrons. The molecule has 0 aliphatic heterocycles. The van der Waals surface area contributed by atoms with Crippen molar-refractivity contribution in [3.05, 3.63) is 40.8 Å². The topological polar surface area (TPSA) is 59.6 Å². The van der Waals surface area contributed by atoms with Gasteiger partial charge in [-0.25, -0.2) is 0 Å². The summed E-state index contributed by atoms with van der Waals surface area (Å²) in [7, 11) is 0. The molecule has 3 aromatic rings. The number of nitrogens with zero attached hydrogens (tertiary/aromatic N) is 3. The molecule has 0 aliphatic carbocycles. The molecule has 0 saturated carbocycles. The summed E-state index contributed by atoms with van der Waals surface area (Å²) in [5.41, 5.74) is 3.28. The van der Waals surface area contributed by atoms with E-state index < -0.39 is 0 Å². The van der Waals surface area contributed by atoms with Crippen LogP contribution in [0.3, 0.4) is 0 Å². The highest BCUT2D eigenvalue weighted by atomic mass is 32.1. The van der Waals surface area contributed by atoms with Gasteiger partial charge in [-0.3, -0.25) is 0 Å². The van der Waals surface area contributed by atoms with E-state index in [1.807, 2.05) is 16.7 Å². The molecule has 0 aliphatic rings. The standard InChI is InChI=1S/C11H10N4OS/c1-7-3-2-4-8-10(7)15(11(17)13-8)5-9-12-6-16-14-9/h2-4,6H,5H2,1H3,(H,13,17). The molecule has 5 nitrogen and oxygen atoms in total. The summed E-state index contributed by atoms with van der Waals surface area (Å²) in [6.07, 6.45) is 1.32. The van der Waals surface area contributed by atoms with Gasteiger partial charge in [0.1, 0.15) is 0 Å². The molecule has 2 aromatic heterocycles. The van der Waals surface area contributed by atoms with Crippen LogP contribution >= 0.6 is 12.2 Å². The molecular formula is C11H10N4OS. The summed E-state index contributed by atoms with van der Waals surface area (Å²) >= 11 is 5.31. The second-order valence-electron chi connectivity index (χ2n) is 3.83. The van der Waals surface area contributed by atoms with Gasteiger partial charge in [-0.15, -0.1) is 0 Å². The van der Waals surface area contributed by atoms with Gasteiger partial charge in [-0.2, -0.15) is 4.98 Å². The van der Waals surface area contributed by atoms with Crippen LogP contribution < -0.4 is 0 Å². The van der Waals surface area contributed by atoms with Crippen LogP contribution in [0.15, 0.2) is 29.1 Å². The van der Waals surface area contributed by atoms with Crippen LogP contribution in [0.2, 0.25) is 0 Å². The third kappa shape index (κ3) is 1.66. The predicted octanol–water partition coefficient (Wildman–Crippen LogP) is 2.44.